The maximum atomic E-state index is 13.2. The third-order valence-corrected chi connectivity index (χ3v) is 4.77. The number of fused-ring (bicyclic) bond motifs is 3. The maximum Gasteiger partial charge on any atom is 0.416 e. The minimum absolute atomic E-state index is 0.00427. The van der Waals surface area contributed by atoms with Crippen molar-refractivity contribution in [3.63, 3.8) is 0 Å². The number of alkyl halides is 1. The van der Waals surface area contributed by atoms with Crippen molar-refractivity contribution in [2.45, 2.75) is 25.6 Å². The first-order valence-electron chi connectivity index (χ1n) is 8.90. The second-order valence-corrected chi connectivity index (χ2v) is 6.70. The fourth-order valence-electron chi connectivity index (χ4n) is 3.25. The average molecular weight is 389 g/mol. The molecule has 0 radical (unpaired) electrons. The number of ether oxygens (including phenoxy) is 2. The predicted molar refractivity (Wildman–Crippen MR) is 99.0 cm³/mol. The number of carbonyl (C=O) groups is 2. The Labute approximate surface area is 160 Å². The molecule has 3 heterocycles. The Morgan fingerprint density at radius 1 is 1.46 bits per heavy atom. The smallest absolute Gasteiger partial charge is 0.416 e. The van der Waals surface area contributed by atoms with Crippen LogP contribution in [0.4, 0.5) is 20.7 Å². The number of amides is 2. The van der Waals surface area contributed by atoms with Crippen molar-refractivity contribution in [1.29, 1.82) is 0 Å². The molecule has 0 spiro atoms. The number of benzene rings is 1. The third-order valence-electron chi connectivity index (χ3n) is 4.77. The van der Waals surface area contributed by atoms with E-state index < -0.39 is 30.8 Å². The molecule has 1 saturated heterocycles. The van der Waals surface area contributed by atoms with Crippen LogP contribution >= 0.6 is 0 Å². The number of aromatic nitrogens is 2. The van der Waals surface area contributed by atoms with Crippen LogP contribution in [0.2, 0.25) is 0 Å². The summed E-state index contributed by atoms with van der Waals surface area (Å²) in [4.78, 5) is 29.0. The van der Waals surface area contributed by atoms with Crippen LogP contribution in [0.25, 0.3) is 11.4 Å². The number of primary amides is 1. The molecule has 1 unspecified atom stereocenters. The van der Waals surface area contributed by atoms with Crippen LogP contribution in [0.15, 0.2) is 24.4 Å². The molecule has 2 aliphatic heterocycles. The molecular weight excluding hydrogens is 369 g/mol. The van der Waals surface area contributed by atoms with Gasteiger partial charge in [0.1, 0.15) is 43.5 Å². The van der Waals surface area contributed by atoms with E-state index in [2.05, 4.69) is 10.3 Å². The van der Waals surface area contributed by atoms with E-state index in [0.717, 1.165) is 5.56 Å². The van der Waals surface area contributed by atoms with Crippen molar-refractivity contribution < 1.29 is 23.5 Å². The molecule has 1 aromatic carbocycles. The van der Waals surface area contributed by atoms with E-state index in [1.54, 1.807) is 25.3 Å². The number of hydrogen-bond acceptors (Lipinski definition) is 6. The Bertz CT molecular complexity index is 931. The first-order chi connectivity index (χ1) is 13.5. The number of nitrogens with zero attached hydrogens (tertiary/aromatic N) is 3. The first kappa shape index (κ1) is 18.1. The van der Waals surface area contributed by atoms with Crippen LogP contribution in [0.1, 0.15) is 6.92 Å². The van der Waals surface area contributed by atoms with Crippen molar-refractivity contribution in [3.8, 4) is 17.1 Å². The number of carbonyl (C=O) groups excluding carboxylic acids is 2. The van der Waals surface area contributed by atoms with Gasteiger partial charge < -0.3 is 25.1 Å². The third kappa shape index (κ3) is 3.10. The fourth-order valence-corrected chi connectivity index (χ4v) is 3.25. The summed E-state index contributed by atoms with van der Waals surface area (Å²) in [6.45, 7) is 1.87. The highest BCUT2D eigenvalue weighted by atomic mass is 19.1. The summed E-state index contributed by atoms with van der Waals surface area (Å²) in [5.74, 6) is 1.08. The maximum absolute atomic E-state index is 13.2. The van der Waals surface area contributed by atoms with E-state index >= 15 is 0 Å². The summed E-state index contributed by atoms with van der Waals surface area (Å²) in [5.41, 5.74) is 6.70. The van der Waals surface area contributed by atoms with Gasteiger partial charge in [0.2, 0.25) is 5.91 Å². The molecule has 4 rings (SSSR count). The number of anilines is 2. The summed E-state index contributed by atoms with van der Waals surface area (Å²) >= 11 is 0. The minimum atomic E-state index is -0.708. The number of nitrogens with two attached hydrogens (primary N) is 1. The van der Waals surface area contributed by atoms with Gasteiger partial charge in [-0.2, -0.15) is 0 Å². The van der Waals surface area contributed by atoms with Gasteiger partial charge in [-0.3, -0.25) is 9.69 Å². The number of hydrogen-bond donors (Lipinski definition) is 2. The van der Waals surface area contributed by atoms with Crippen LogP contribution in [0, 0.1) is 0 Å². The van der Waals surface area contributed by atoms with Crippen molar-refractivity contribution >= 4 is 23.5 Å². The molecule has 2 aromatic rings. The molecule has 1 aromatic heterocycles. The highest BCUT2D eigenvalue weighted by molar-refractivity contribution is 5.89. The van der Waals surface area contributed by atoms with Gasteiger partial charge in [0.15, 0.2) is 5.82 Å². The van der Waals surface area contributed by atoms with Crippen molar-refractivity contribution in [2.24, 2.45) is 5.73 Å². The molecule has 0 aliphatic carbocycles. The first-order valence-corrected chi connectivity index (χ1v) is 8.90. The minimum Gasteiger partial charge on any atom is -0.491 e. The number of imidazole rings is 1. The lowest BCUT2D eigenvalue weighted by molar-refractivity contribution is -0.118. The molecule has 2 atom stereocenters. The van der Waals surface area contributed by atoms with E-state index in [1.807, 2.05) is 10.6 Å². The van der Waals surface area contributed by atoms with Crippen LogP contribution in [0.3, 0.4) is 0 Å². The van der Waals surface area contributed by atoms with E-state index in [1.165, 1.54) is 4.90 Å². The molecule has 148 valence electrons. The standard InChI is InChI=1S/C18H20FN5O4/c1-10(16(20)25)21-11-2-3-13-14(6-11)27-5-4-23-8-15(22-17(13)23)24-12(7-19)9-28-18(24)26/h2-3,6,8,10,12,21H,4-5,7,9H2,1H3,(H2,20,25)/t10?,12-/m1/s1. The van der Waals surface area contributed by atoms with Gasteiger partial charge in [-0.15, -0.1) is 0 Å². The van der Waals surface area contributed by atoms with Gasteiger partial charge in [-0.05, 0) is 19.1 Å². The Morgan fingerprint density at radius 3 is 3.04 bits per heavy atom. The van der Waals surface area contributed by atoms with E-state index in [0.29, 0.717) is 36.2 Å². The molecule has 3 N–H and O–H groups in total. The van der Waals surface area contributed by atoms with E-state index in [4.69, 9.17) is 15.2 Å². The predicted octanol–water partition coefficient (Wildman–Crippen LogP) is 1.52. The second-order valence-electron chi connectivity index (χ2n) is 6.70. The highest BCUT2D eigenvalue weighted by Crippen LogP contribution is 2.36. The van der Waals surface area contributed by atoms with E-state index in [9.17, 15) is 14.0 Å². The molecule has 28 heavy (non-hydrogen) atoms. The number of cyclic esters (lactones) is 1. The Balaban J connectivity index is 1.68. The van der Waals surface area contributed by atoms with Crippen LogP contribution in [-0.4, -0.2) is 53.5 Å². The summed E-state index contributed by atoms with van der Waals surface area (Å²) in [5, 5.41) is 3.01. The van der Waals surface area contributed by atoms with Gasteiger partial charge >= 0.3 is 6.09 Å². The normalized spacial score (nSPS) is 19.1. The zero-order valence-electron chi connectivity index (χ0n) is 15.2. The SMILES string of the molecule is CC(Nc1ccc2c(c1)OCCn1cc(N3C(=O)OC[C@H]3CF)nc1-2)C(N)=O. The lowest BCUT2D eigenvalue weighted by Crippen LogP contribution is -2.35. The number of halogens is 1. The largest absolute Gasteiger partial charge is 0.491 e. The summed E-state index contributed by atoms with van der Waals surface area (Å²) in [6, 6.07) is 4.17. The fraction of sp³-hybridized carbons (Fsp3) is 0.389. The lowest BCUT2D eigenvalue weighted by Gasteiger charge is -2.16. The van der Waals surface area contributed by atoms with Gasteiger partial charge in [0.25, 0.3) is 0 Å². The molecule has 2 aliphatic rings. The number of nitrogens with one attached hydrogen (secondary N) is 1. The average Bonchev–Trinajstić information content (AvgIpc) is 3.20. The lowest BCUT2D eigenvalue weighted by atomic mass is 10.1. The van der Waals surface area contributed by atoms with Gasteiger partial charge in [-0.1, -0.05) is 0 Å². The quantitative estimate of drug-likeness (QED) is 0.802. The van der Waals surface area contributed by atoms with Crippen LogP contribution < -0.4 is 20.7 Å². The molecule has 1 fully saturated rings. The Hall–Kier alpha value is -3.30. The highest BCUT2D eigenvalue weighted by Gasteiger charge is 2.36. The summed E-state index contributed by atoms with van der Waals surface area (Å²) < 4.78 is 25.9. The van der Waals surface area contributed by atoms with Crippen molar-refractivity contribution in [3.05, 3.63) is 24.4 Å². The van der Waals surface area contributed by atoms with Crippen LogP contribution in [0.5, 0.6) is 5.75 Å². The zero-order chi connectivity index (χ0) is 19.8. The second kappa shape index (κ2) is 7.02. The molecule has 9 nitrogen and oxygen atoms in total. The summed E-state index contributed by atoms with van der Waals surface area (Å²) in [6.07, 6.45) is 1.09. The van der Waals surface area contributed by atoms with E-state index in [-0.39, 0.29) is 6.61 Å². The number of rotatable bonds is 5. The zero-order valence-corrected chi connectivity index (χ0v) is 15.2. The monoisotopic (exact) mass is 389 g/mol. The molecule has 10 heteroatoms. The molecule has 2 amide bonds. The molecular formula is C18H20FN5O4. The summed E-state index contributed by atoms with van der Waals surface area (Å²) in [7, 11) is 0. The van der Waals surface area contributed by atoms with Gasteiger partial charge in [0, 0.05) is 18.0 Å². The van der Waals surface area contributed by atoms with Gasteiger partial charge in [0.05, 0.1) is 12.1 Å². The van der Waals surface area contributed by atoms with Crippen LogP contribution in [-0.2, 0) is 16.1 Å². The Kier molecular flexibility index (Phi) is 4.54. The topological polar surface area (TPSA) is 112 Å². The van der Waals surface area contributed by atoms with Crippen molar-refractivity contribution in [1.82, 2.24) is 9.55 Å². The molecule has 0 bridgehead atoms. The Morgan fingerprint density at radius 2 is 2.29 bits per heavy atom. The van der Waals surface area contributed by atoms with Gasteiger partial charge in [-0.25, -0.2) is 14.2 Å². The molecule has 0 saturated carbocycles. The van der Waals surface area contributed by atoms with Crippen molar-refractivity contribution in [2.75, 3.05) is 30.1 Å².